The SMILES string of the molecule is Cc1ccc([C@H](CC(=O)Cc2cc3c(cn2)C(N2CCc4nn(C)cc4C2)=NC3)C(C)(C)O)cc1. The van der Waals surface area contributed by atoms with Crippen LogP contribution in [0.3, 0.4) is 0 Å². The second-order valence-electron chi connectivity index (χ2n) is 10.5. The van der Waals surface area contributed by atoms with Gasteiger partial charge in [0, 0.05) is 74.5 Å². The third kappa shape index (κ3) is 4.91. The lowest BCUT2D eigenvalue weighted by Gasteiger charge is -2.29. The highest BCUT2D eigenvalue weighted by Gasteiger charge is 2.31. The lowest BCUT2D eigenvalue weighted by Crippen LogP contribution is -2.35. The number of hydrogen-bond acceptors (Lipinski definition) is 6. The first kappa shape index (κ1) is 23.4. The van der Waals surface area contributed by atoms with Crippen LogP contribution in [0.4, 0.5) is 0 Å². The number of benzene rings is 1. The van der Waals surface area contributed by atoms with Gasteiger partial charge >= 0.3 is 0 Å². The van der Waals surface area contributed by atoms with Crippen LogP contribution in [-0.4, -0.2) is 48.5 Å². The Balaban J connectivity index is 1.27. The molecule has 0 amide bonds. The number of carbonyl (C=O) groups is 1. The summed E-state index contributed by atoms with van der Waals surface area (Å²) < 4.78 is 1.88. The van der Waals surface area contributed by atoms with Crippen molar-refractivity contribution in [3.05, 3.63) is 81.9 Å². The lowest BCUT2D eigenvalue weighted by atomic mass is 9.80. The topological polar surface area (TPSA) is 83.6 Å². The number of carbonyl (C=O) groups excluding carboxylic acids is 1. The molecule has 2 aromatic heterocycles. The first-order chi connectivity index (χ1) is 16.7. The smallest absolute Gasteiger partial charge is 0.139 e. The summed E-state index contributed by atoms with van der Waals surface area (Å²) >= 11 is 0. The lowest BCUT2D eigenvalue weighted by molar-refractivity contribution is -0.120. The van der Waals surface area contributed by atoms with Crippen molar-refractivity contribution < 1.29 is 9.90 Å². The molecule has 1 aromatic carbocycles. The van der Waals surface area contributed by atoms with Crippen LogP contribution in [0, 0.1) is 6.92 Å². The summed E-state index contributed by atoms with van der Waals surface area (Å²) in [5.74, 6) is 0.794. The molecule has 0 bridgehead atoms. The molecular weight excluding hydrogens is 438 g/mol. The molecule has 0 fully saturated rings. The molecule has 4 heterocycles. The van der Waals surface area contributed by atoms with Gasteiger partial charge in [-0.2, -0.15) is 5.10 Å². The molecule has 7 nitrogen and oxygen atoms in total. The summed E-state index contributed by atoms with van der Waals surface area (Å²) in [6.07, 6.45) is 5.39. The van der Waals surface area contributed by atoms with E-state index in [0.29, 0.717) is 6.54 Å². The molecule has 0 aliphatic carbocycles. The number of nitrogens with zero attached hydrogens (tertiary/aromatic N) is 5. The van der Waals surface area contributed by atoms with Gasteiger partial charge in [0.2, 0.25) is 0 Å². The van der Waals surface area contributed by atoms with Gasteiger partial charge in [-0.05, 0) is 38.0 Å². The van der Waals surface area contributed by atoms with Gasteiger partial charge < -0.3 is 10.0 Å². The molecule has 0 radical (unpaired) electrons. The first-order valence-electron chi connectivity index (χ1n) is 12.3. The fraction of sp³-hybridized carbons (Fsp3) is 0.429. The molecule has 182 valence electrons. The van der Waals surface area contributed by atoms with E-state index in [0.717, 1.165) is 53.3 Å². The standard InChI is InChI=1S/C28H33N5O2/c1-18-5-7-19(8-6-18)25(28(2,3)35)13-23(34)12-22-11-20-14-30-27(24(20)15-29-22)33-10-9-26-21(17-33)16-32(4)31-26/h5-8,11,15-16,25,35H,9-10,12-14,17H2,1-4H3/t25-/m0/s1. The van der Waals surface area contributed by atoms with E-state index < -0.39 is 5.60 Å². The summed E-state index contributed by atoms with van der Waals surface area (Å²) in [4.78, 5) is 24.8. The second kappa shape index (κ2) is 9.04. The van der Waals surface area contributed by atoms with Gasteiger partial charge in [0.1, 0.15) is 11.6 Å². The Morgan fingerprint density at radius 1 is 1.20 bits per heavy atom. The largest absolute Gasteiger partial charge is 0.390 e. The van der Waals surface area contributed by atoms with Crippen molar-refractivity contribution in [1.82, 2.24) is 19.7 Å². The van der Waals surface area contributed by atoms with E-state index in [4.69, 9.17) is 4.99 Å². The maximum absolute atomic E-state index is 13.0. The van der Waals surface area contributed by atoms with Crippen LogP contribution in [0.15, 0.2) is 47.7 Å². The van der Waals surface area contributed by atoms with E-state index in [1.165, 1.54) is 11.3 Å². The van der Waals surface area contributed by atoms with Crippen molar-refractivity contribution in [1.29, 1.82) is 0 Å². The van der Waals surface area contributed by atoms with Gasteiger partial charge in [0.15, 0.2) is 0 Å². The molecule has 0 spiro atoms. The fourth-order valence-electron chi connectivity index (χ4n) is 5.20. The Morgan fingerprint density at radius 3 is 2.71 bits per heavy atom. The molecule has 0 saturated carbocycles. The minimum absolute atomic E-state index is 0.0735. The number of aryl methyl sites for hydroxylation is 2. The molecule has 3 aromatic rings. The molecule has 2 aliphatic heterocycles. The van der Waals surface area contributed by atoms with Crippen molar-refractivity contribution in [3.63, 3.8) is 0 Å². The predicted octanol–water partition coefficient (Wildman–Crippen LogP) is 3.50. The highest BCUT2D eigenvalue weighted by atomic mass is 16.3. The van der Waals surface area contributed by atoms with Gasteiger partial charge in [-0.25, -0.2) is 0 Å². The van der Waals surface area contributed by atoms with Crippen LogP contribution >= 0.6 is 0 Å². The van der Waals surface area contributed by atoms with Gasteiger partial charge in [0.25, 0.3) is 0 Å². The third-order valence-corrected chi connectivity index (χ3v) is 7.10. The molecule has 0 unspecified atom stereocenters. The Kier molecular flexibility index (Phi) is 6.05. The number of aromatic nitrogens is 3. The summed E-state index contributed by atoms with van der Waals surface area (Å²) in [5.41, 5.74) is 6.50. The highest BCUT2D eigenvalue weighted by Crippen LogP contribution is 2.32. The van der Waals surface area contributed by atoms with E-state index in [9.17, 15) is 9.90 Å². The van der Waals surface area contributed by atoms with Gasteiger partial charge in [-0.15, -0.1) is 0 Å². The van der Waals surface area contributed by atoms with Crippen molar-refractivity contribution in [2.24, 2.45) is 12.0 Å². The van der Waals surface area contributed by atoms with Crippen LogP contribution < -0.4 is 0 Å². The zero-order valence-electron chi connectivity index (χ0n) is 21.0. The summed E-state index contributed by atoms with van der Waals surface area (Å²) in [5, 5.41) is 15.3. The quantitative estimate of drug-likeness (QED) is 0.595. The van der Waals surface area contributed by atoms with E-state index in [-0.39, 0.29) is 24.5 Å². The van der Waals surface area contributed by atoms with Crippen LogP contribution in [0.2, 0.25) is 0 Å². The number of Topliss-reactive ketones (excluding diaryl/α,β-unsaturated/α-hetero) is 1. The number of aliphatic hydroxyl groups is 1. The molecule has 35 heavy (non-hydrogen) atoms. The predicted molar refractivity (Wildman–Crippen MR) is 135 cm³/mol. The van der Waals surface area contributed by atoms with Crippen LogP contribution in [0.25, 0.3) is 0 Å². The molecule has 0 saturated heterocycles. The van der Waals surface area contributed by atoms with E-state index in [1.807, 2.05) is 55.2 Å². The Labute approximate surface area is 206 Å². The number of pyridine rings is 1. The highest BCUT2D eigenvalue weighted by molar-refractivity contribution is 6.02. The average Bonchev–Trinajstić information content (AvgIpc) is 3.39. The average molecular weight is 472 g/mol. The molecule has 1 N–H and O–H groups in total. The molecule has 1 atom stereocenters. The van der Waals surface area contributed by atoms with E-state index in [2.05, 4.69) is 21.2 Å². The van der Waals surface area contributed by atoms with Gasteiger partial charge in [-0.1, -0.05) is 29.8 Å². The molecule has 5 rings (SSSR count). The number of ketones is 1. The summed E-state index contributed by atoms with van der Waals surface area (Å²) in [7, 11) is 1.96. The maximum atomic E-state index is 13.0. The van der Waals surface area contributed by atoms with Gasteiger partial charge in [-0.3, -0.25) is 19.5 Å². The number of hydrogen-bond donors (Lipinski definition) is 1. The van der Waals surface area contributed by atoms with Crippen molar-refractivity contribution in [2.45, 2.75) is 64.6 Å². The maximum Gasteiger partial charge on any atom is 0.139 e. The number of amidine groups is 1. The molecular formula is C28H33N5O2. The minimum Gasteiger partial charge on any atom is -0.390 e. The Hall–Kier alpha value is -3.32. The van der Waals surface area contributed by atoms with Crippen molar-refractivity contribution >= 4 is 11.6 Å². The summed E-state index contributed by atoms with van der Waals surface area (Å²) in [6.45, 7) is 7.88. The number of fused-ring (bicyclic) bond motifs is 2. The van der Waals surface area contributed by atoms with Crippen LogP contribution in [0.1, 0.15) is 65.4 Å². The first-order valence-corrected chi connectivity index (χ1v) is 12.3. The molecule has 2 aliphatic rings. The third-order valence-electron chi connectivity index (χ3n) is 7.10. The number of rotatable bonds is 6. The van der Waals surface area contributed by atoms with Gasteiger partial charge in [0.05, 0.1) is 17.8 Å². The molecule has 7 heteroatoms. The van der Waals surface area contributed by atoms with Crippen molar-refractivity contribution in [3.8, 4) is 0 Å². The summed E-state index contributed by atoms with van der Waals surface area (Å²) in [6, 6.07) is 10.1. The van der Waals surface area contributed by atoms with E-state index in [1.54, 1.807) is 13.8 Å². The van der Waals surface area contributed by atoms with Crippen molar-refractivity contribution in [2.75, 3.05) is 6.54 Å². The monoisotopic (exact) mass is 471 g/mol. The van der Waals surface area contributed by atoms with Crippen LogP contribution in [-0.2, 0) is 37.8 Å². The van der Waals surface area contributed by atoms with Crippen LogP contribution in [0.5, 0.6) is 0 Å². The second-order valence-corrected chi connectivity index (χ2v) is 10.5. The Bertz CT molecular complexity index is 1280. The number of aliphatic imine (C=N–C) groups is 1. The fourth-order valence-corrected chi connectivity index (χ4v) is 5.20. The zero-order valence-corrected chi connectivity index (χ0v) is 21.0. The normalized spacial score (nSPS) is 16.0. The minimum atomic E-state index is -0.998. The Morgan fingerprint density at radius 2 is 1.97 bits per heavy atom. The zero-order chi connectivity index (χ0) is 24.7. The van der Waals surface area contributed by atoms with E-state index >= 15 is 0 Å².